The molecule has 0 spiro atoms. The molecule has 0 atom stereocenters. The molecule has 0 saturated carbocycles. The Hall–Kier alpha value is -2.04. The standard InChI is InChI=1S/C13H17N3O2/c1-10-9-12(11(2)18-10)13(17)14-5-3-7-16-8-4-6-15-16/h4,6,8-9H,3,5,7H2,1-2H3,(H,14,17). The number of hydrogen-bond donors (Lipinski definition) is 1. The summed E-state index contributed by atoms with van der Waals surface area (Å²) in [5.74, 6) is 1.34. The lowest BCUT2D eigenvalue weighted by molar-refractivity contribution is 0.0951. The van der Waals surface area contributed by atoms with Crippen LogP contribution >= 0.6 is 0 Å². The van der Waals surface area contributed by atoms with Crippen molar-refractivity contribution in [3.05, 3.63) is 41.6 Å². The first-order valence-corrected chi connectivity index (χ1v) is 5.99. The van der Waals surface area contributed by atoms with Gasteiger partial charge in [-0.15, -0.1) is 0 Å². The van der Waals surface area contributed by atoms with E-state index in [1.165, 1.54) is 0 Å². The first kappa shape index (κ1) is 12.4. The van der Waals surface area contributed by atoms with Gasteiger partial charge in [0.2, 0.25) is 0 Å². The van der Waals surface area contributed by atoms with Gasteiger partial charge in [-0.25, -0.2) is 0 Å². The number of amides is 1. The van der Waals surface area contributed by atoms with E-state index in [0.717, 1.165) is 18.7 Å². The summed E-state index contributed by atoms with van der Waals surface area (Å²) in [7, 11) is 0. The van der Waals surface area contributed by atoms with E-state index in [2.05, 4.69) is 10.4 Å². The monoisotopic (exact) mass is 247 g/mol. The number of carbonyl (C=O) groups excluding carboxylic acids is 1. The van der Waals surface area contributed by atoms with E-state index in [4.69, 9.17) is 4.42 Å². The fraction of sp³-hybridized carbons (Fsp3) is 0.385. The Kier molecular flexibility index (Phi) is 3.82. The van der Waals surface area contributed by atoms with Crippen LogP contribution in [-0.4, -0.2) is 22.2 Å². The second kappa shape index (κ2) is 5.53. The molecular formula is C13H17N3O2. The zero-order chi connectivity index (χ0) is 13.0. The zero-order valence-corrected chi connectivity index (χ0v) is 10.6. The van der Waals surface area contributed by atoms with Crippen molar-refractivity contribution in [3.63, 3.8) is 0 Å². The molecule has 0 bridgehead atoms. The van der Waals surface area contributed by atoms with Crippen LogP contribution in [0.25, 0.3) is 0 Å². The van der Waals surface area contributed by atoms with Crippen LogP contribution in [0.3, 0.4) is 0 Å². The highest BCUT2D eigenvalue weighted by Crippen LogP contribution is 2.13. The van der Waals surface area contributed by atoms with Gasteiger partial charge in [-0.2, -0.15) is 5.10 Å². The molecule has 0 aromatic carbocycles. The summed E-state index contributed by atoms with van der Waals surface area (Å²) < 4.78 is 7.17. The maximum absolute atomic E-state index is 11.8. The minimum atomic E-state index is -0.0789. The van der Waals surface area contributed by atoms with Crippen LogP contribution in [0.4, 0.5) is 0 Å². The molecule has 0 fully saturated rings. The summed E-state index contributed by atoms with van der Waals surface area (Å²) in [6.45, 7) is 5.06. The van der Waals surface area contributed by atoms with Crippen LogP contribution in [0.15, 0.2) is 28.9 Å². The van der Waals surface area contributed by atoms with Gasteiger partial charge in [0.1, 0.15) is 11.5 Å². The molecule has 2 heterocycles. The molecule has 1 amide bonds. The third-order valence-electron chi connectivity index (χ3n) is 2.69. The van der Waals surface area contributed by atoms with Gasteiger partial charge in [0, 0.05) is 25.5 Å². The van der Waals surface area contributed by atoms with Gasteiger partial charge in [-0.1, -0.05) is 0 Å². The van der Waals surface area contributed by atoms with Crippen molar-refractivity contribution < 1.29 is 9.21 Å². The Morgan fingerprint density at radius 3 is 2.94 bits per heavy atom. The molecule has 1 N–H and O–H groups in total. The van der Waals surface area contributed by atoms with E-state index >= 15 is 0 Å². The minimum Gasteiger partial charge on any atom is -0.466 e. The zero-order valence-electron chi connectivity index (χ0n) is 10.6. The van der Waals surface area contributed by atoms with E-state index in [1.807, 2.05) is 23.9 Å². The van der Waals surface area contributed by atoms with Crippen molar-refractivity contribution in [2.75, 3.05) is 6.54 Å². The fourth-order valence-electron chi connectivity index (χ4n) is 1.83. The highest BCUT2D eigenvalue weighted by Gasteiger charge is 2.12. The topological polar surface area (TPSA) is 60.1 Å². The lowest BCUT2D eigenvalue weighted by atomic mass is 10.2. The largest absolute Gasteiger partial charge is 0.466 e. The van der Waals surface area contributed by atoms with Crippen LogP contribution in [-0.2, 0) is 6.54 Å². The van der Waals surface area contributed by atoms with E-state index in [0.29, 0.717) is 17.9 Å². The Labute approximate surface area is 106 Å². The molecule has 0 aliphatic rings. The third-order valence-corrected chi connectivity index (χ3v) is 2.69. The molecule has 5 nitrogen and oxygen atoms in total. The van der Waals surface area contributed by atoms with Gasteiger partial charge >= 0.3 is 0 Å². The van der Waals surface area contributed by atoms with Crippen LogP contribution in [0.5, 0.6) is 0 Å². The molecule has 2 rings (SSSR count). The molecule has 0 saturated heterocycles. The minimum absolute atomic E-state index is 0.0789. The van der Waals surface area contributed by atoms with Crippen LogP contribution in [0.1, 0.15) is 28.3 Å². The third kappa shape index (κ3) is 3.00. The molecule has 0 aliphatic heterocycles. The first-order chi connectivity index (χ1) is 8.66. The van der Waals surface area contributed by atoms with Gasteiger partial charge < -0.3 is 9.73 Å². The normalized spacial score (nSPS) is 10.6. The second-order valence-electron chi connectivity index (χ2n) is 4.21. The van der Waals surface area contributed by atoms with Crippen LogP contribution in [0, 0.1) is 13.8 Å². The maximum Gasteiger partial charge on any atom is 0.254 e. The summed E-state index contributed by atoms with van der Waals surface area (Å²) in [5, 5.41) is 6.97. The number of rotatable bonds is 5. The molecule has 18 heavy (non-hydrogen) atoms. The number of aryl methyl sites for hydroxylation is 3. The average molecular weight is 247 g/mol. The number of carbonyl (C=O) groups is 1. The smallest absolute Gasteiger partial charge is 0.254 e. The summed E-state index contributed by atoms with van der Waals surface area (Å²) >= 11 is 0. The van der Waals surface area contributed by atoms with Crippen molar-refractivity contribution >= 4 is 5.91 Å². The maximum atomic E-state index is 11.8. The van der Waals surface area contributed by atoms with Crippen molar-refractivity contribution in [1.82, 2.24) is 15.1 Å². The average Bonchev–Trinajstić information content (AvgIpc) is 2.94. The molecule has 2 aromatic heterocycles. The Morgan fingerprint density at radius 1 is 1.50 bits per heavy atom. The Balaban J connectivity index is 1.77. The second-order valence-corrected chi connectivity index (χ2v) is 4.21. The van der Waals surface area contributed by atoms with Gasteiger partial charge in [-0.3, -0.25) is 9.48 Å². The fourth-order valence-corrected chi connectivity index (χ4v) is 1.83. The number of aromatic nitrogens is 2. The van der Waals surface area contributed by atoms with Crippen molar-refractivity contribution in [2.24, 2.45) is 0 Å². The highest BCUT2D eigenvalue weighted by molar-refractivity contribution is 5.95. The summed E-state index contributed by atoms with van der Waals surface area (Å²) in [4.78, 5) is 11.8. The summed E-state index contributed by atoms with van der Waals surface area (Å²) in [5.41, 5.74) is 0.617. The first-order valence-electron chi connectivity index (χ1n) is 5.99. The SMILES string of the molecule is Cc1cc(C(=O)NCCCn2cccn2)c(C)o1. The van der Waals surface area contributed by atoms with E-state index in [-0.39, 0.29) is 5.91 Å². The molecule has 0 radical (unpaired) electrons. The lowest BCUT2D eigenvalue weighted by Gasteiger charge is -2.04. The highest BCUT2D eigenvalue weighted by atomic mass is 16.3. The molecular weight excluding hydrogens is 230 g/mol. The number of nitrogens with zero attached hydrogens (tertiary/aromatic N) is 2. The lowest BCUT2D eigenvalue weighted by Crippen LogP contribution is -2.25. The van der Waals surface area contributed by atoms with Crippen LogP contribution < -0.4 is 5.32 Å². The molecule has 0 unspecified atom stereocenters. The number of furan rings is 1. The predicted octanol–water partition coefficient (Wildman–Crippen LogP) is 1.91. The Bertz CT molecular complexity index is 514. The summed E-state index contributed by atoms with van der Waals surface area (Å²) in [6, 6.07) is 3.65. The number of nitrogens with one attached hydrogen (secondary N) is 1. The number of hydrogen-bond acceptors (Lipinski definition) is 3. The van der Waals surface area contributed by atoms with Gasteiger partial charge in [0.05, 0.1) is 5.56 Å². The van der Waals surface area contributed by atoms with Crippen LogP contribution in [0.2, 0.25) is 0 Å². The molecule has 0 aliphatic carbocycles. The summed E-state index contributed by atoms with van der Waals surface area (Å²) in [6.07, 6.45) is 4.50. The van der Waals surface area contributed by atoms with Gasteiger partial charge in [0.15, 0.2) is 0 Å². The van der Waals surface area contributed by atoms with E-state index in [9.17, 15) is 4.79 Å². The van der Waals surface area contributed by atoms with Crippen molar-refractivity contribution in [1.29, 1.82) is 0 Å². The van der Waals surface area contributed by atoms with Gasteiger partial charge in [-0.05, 0) is 32.4 Å². The van der Waals surface area contributed by atoms with E-state index < -0.39 is 0 Å². The molecule has 96 valence electrons. The quantitative estimate of drug-likeness (QED) is 0.821. The van der Waals surface area contributed by atoms with E-state index in [1.54, 1.807) is 19.2 Å². The molecule has 2 aromatic rings. The van der Waals surface area contributed by atoms with Crippen molar-refractivity contribution in [2.45, 2.75) is 26.8 Å². The molecule has 5 heteroatoms. The predicted molar refractivity (Wildman–Crippen MR) is 67.4 cm³/mol. The Morgan fingerprint density at radius 2 is 2.33 bits per heavy atom. The van der Waals surface area contributed by atoms with Gasteiger partial charge in [0.25, 0.3) is 5.91 Å². The van der Waals surface area contributed by atoms with Crippen molar-refractivity contribution in [3.8, 4) is 0 Å².